The molecule has 2 aromatic carbocycles. The molecule has 0 aliphatic heterocycles. The van der Waals surface area contributed by atoms with Crippen molar-refractivity contribution in [3.8, 4) is 11.3 Å². The van der Waals surface area contributed by atoms with Crippen molar-refractivity contribution >= 4 is 56.6 Å². The van der Waals surface area contributed by atoms with Gasteiger partial charge in [0.2, 0.25) is 5.91 Å². The smallest absolute Gasteiger partial charge is 0.250 e. The van der Waals surface area contributed by atoms with Gasteiger partial charge in [-0.3, -0.25) is 10.1 Å². The zero-order valence-electron chi connectivity index (χ0n) is 14.6. The van der Waals surface area contributed by atoms with E-state index in [0.29, 0.717) is 10.9 Å². The largest absolute Gasteiger partial charge is 0.465 e. The number of thiazole rings is 1. The third kappa shape index (κ3) is 4.33. The highest BCUT2D eigenvalue weighted by Gasteiger charge is 2.08. The van der Waals surface area contributed by atoms with Gasteiger partial charge in [0.15, 0.2) is 10.2 Å². The molecule has 4 rings (SSSR count). The summed E-state index contributed by atoms with van der Waals surface area (Å²) in [7, 11) is 0. The molecule has 138 valence electrons. The standard InChI is InChI=1S/C21H15N3O2S2/c25-19(10-9-17-6-3-11-26-17)23-20(27)24-21-22-18(13-28-21)16-8-7-14-4-1-2-5-15(14)12-16/h1-13H,(H2,22,23,24,25,27)/b10-9+. The first-order chi connectivity index (χ1) is 13.7. The summed E-state index contributed by atoms with van der Waals surface area (Å²) in [6.07, 6.45) is 4.47. The summed E-state index contributed by atoms with van der Waals surface area (Å²) in [6, 6.07) is 17.9. The molecule has 0 radical (unpaired) electrons. The molecule has 0 saturated heterocycles. The van der Waals surface area contributed by atoms with Crippen LogP contribution in [0.1, 0.15) is 5.76 Å². The summed E-state index contributed by atoms with van der Waals surface area (Å²) < 4.78 is 5.13. The molecule has 28 heavy (non-hydrogen) atoms. The Balaban J connectivity index is 1.39. The molecule has 2 aromatic heterocycles. The first-order valence-corrected chi connectivity index (χ1v) is 9.74. The lowest BCUT2D eigenvalue weighted by Crippen LogP contribution is -2.32. The van der Waals surface area contributed by atoms with Crippen LogP contribution in [0.5, 0.6) is 0 Å². The second-order valence-corrected chi connectivity index (χ2v) is 7.16. The predicted octanol–water partition coefficient (Wildman–Crippen LogP) is 5.08. The van der Waals surface area contributed by atoms with Gasteiger partial charge in [0, 0.05) is 17.0 Å². The van der Waals surface area contributed by atoms with Crippen molar-refractivity contribution in [2.75, 3.05) is 5.32 Å². The Labute approximate surface area is 170 Å². The number of fused-ring (bicyclic) bond motifs is 1. The van der Waals surface area contributed by atoms with Crippen LogP contribution in [-0.2, 0) is 4.79 Å². The predicted molar refractivity (Wildman–Crippen MR) is 117 cm³/mol. The summed E-state index contributed by atoms with van der Waals surface area (Å²) >= 11 is 6.60. The van der Waals surface area contributed by atoms with Gasteiger partial charge in [0.25, 0.3) is 0 Å². The molecule has 2 N–H and O–H groups in total. The lowest BCUT2D eigenvalue weighted by Gasteiger charge is -2.04. The number of nitrogens with zero attached hydrogens (tertiary/aromatic N) is 1. The molecule has 1 amide bonds. The van der Waals surface area contributed by atoms with E-state index in [-0.39, 0.29) is 11.0 Å². The highest BCUT2D eigenvalue weighted by atomic mass is 32.1. The van der Waals surface area contributed by atoms with E-state index in [2.05, 4.69) is 39.9 Å². The Hall–Kier alpha value is -3.29. The fourth-order valence-electron chi connectivity index (χ4n) is 2.64. The van der Waals surface area contributed by atoms with Crippen LogP contribution in [0.4, 0.5) is 5.13 Å². The third-order valence-electron chi connectivity index (χ3n) is 3.95. The van der Waals surface area contributed by atoms with Crippen LogP contribution in [0.2, 0.25) is 0 Å². The van der Waals surface area contributed by atoms with Crippen LogP contribution in [-0.4, -0.2) is 16.0 Å². The average Bonchev–Trinajstić information content (AvgIpc) is 3.38. The van der Waals surface area contributed by atoms with E-state index < -0.39 is 0 Å². The first-order valence-electron chi connectivity index (χ1n) is 8.46. The molecular weight excluding hydrogens is 390 g/mol. The number of thiocarbonyl (C=S) groups is 1. The molecule has 0 spiro atoms. The maximum absolute atomic E-state index is 11.9. The number of furan rings is 1. The minimum atomic E-state index is -0.347. The fourth-order valence-corrected chi connectivity index (χ4v) is 3.62. The molecule has 2 heterocycles. The van der Waals surface area contributed by atoms with E-state index in [1.54, 1.807) is 24.5 Å². The van der Waals surface area contributed by atoms with Crippen LogP contribution in [0.3, 0.4) is 0 Å². The van der Waals surface area contributed by atoms with E-state index in [0.717, 1.165) is 16.6 Å². The maximum Gasteiger partial charge on any atom is 0.250 e. The van der Waals surface area contributed by atoms with Gasteiger partial charge in [-0.05, 0) is 47.3 Å². The van der Waals surface area contributed by atoms with Gasteiger partial charge >= 0.3 is 0 Å². The monoisotopic (exact) mass is 405 g/mol. The molecule has 0 bridgehead atoms. The maximum atomic E-state index is 11.9. The van der Waals surface area contributed by atoms with Crippen molar-refractivity contribution in [1.82, 2.24) is 10.3 Å². The highest BCUT2D eigenvalue weighted by Crippen LogP contribution is 2.27. The van der Waals surface area contributed by atoms with E-state index >= 15 is 0 Å². The zero-order valence-corrected chi connectivity index (χ0v) is 16.2. The Kier molecular flexibility index (Phi) is 5.27. The van der Waals surface area contributed by atoms with Crippen LogP contribution >= 0.6 is 23.6 Å². The Bertz CT molecular complexity index is 1160. The number of carbonyl (C=O) groups excluding carboxylic acids is 1. The highest BCUT2D eigenvalue weighted by molar-refractivity contribution is 7.80. The number of anilines is 1. The van der Waals surface area contributed by atoms with Crippen LogP contribution in [0.15, 0.2) is 76.7 Å². The molecule has 4 aromatic rings. The number of nitrogens with one attached hydrogen (secondary N) is 2. The van der Waals surface area contributed by atoms with Crippen molar-refractivity contribution in [2.24, 2.45) is 0 Å². The number of benzene rings is 2. The Morgan fingerprint density at radius 1 is 1.11 bits per heavy atom. The van der Waals surface area contributed by atoms with Gasteiger partial charge in [-0.1, -0.05) is 36.4 Å². The molecule has 0 aliphatic rings. The molecule has 0 saturated carbocycles. The molecule has 7 heteroatoms. The number of carbonyl (C=O) groups is 1. The molecule has 0 atom stereocenters. The number of rotatable bonds is 4. The number of hydrogen-bond acceptors (Lipinski definition) is 5. The van der Waals surface area contributed by atoms with Gasteiger partial charge in [-0.15, -0.1) is 11.3 Å². The fraction of sp³-hybridized carbons (Fsp3) is 0. The van der Waals surface area contributed by atoms with E-state index in [4.69, 9.17) is 16.6 Å². The lowest BCUT2D eigenvalue weighted by molar-refractivity contribution is -0.115. The average molecular weight is 406 g/mol. The van der Waals surface area contributed by atoms with Crippen molar-refractivity contribution in [3.05, 3.63) is 78.1 Å². The van der Waals surface area contributed by atoms with Crippen molar-refractivity contribution < 1.29 is 9.21 Å². The number of hydrogen-bond donors (Lipinski definition) is 2. The minimum absolute atomic E-state index is 0.188. The van der Waals surface area contributed by atoms with Gasteiger partial charge in [0.05, 0.1) is 12.0 Å². The normalized spacial score (nSPS) is 11.0. The summed E-state index contributed by atoms with van der Waals surface area (Å²) in [5.74, 6) is 0.245. The second kappa shape index (κ2) is 8.16. The second-order valence-electron chi connectivity index (χ2n) is 5.89. The molecule has 0 aliphatic carbocycles. The molecule has 0 unspecified atom stereocenters. The van der Waals surface area contributed by atoms with Crippen LogP contribution in [0, 0.1) is 0 Å². The SMILES string of the molecule is O=C(/C=C/c1ccco1)NC(=S)Nc1nc(-c2ccc3ccccc3c2)cs1. The Morgan fingerprint density at radius 2 is 1.96 bits per heavy atom. The lowest BCUT2D eigenvalue weighted by atomic mass is 10.1. The van der Waals surface area contributed by atoms with Crippen molar-refractivity contribution in [1.29, 1.82) is 0 Å². The minimum Gasteiger partial charge on any atom is -0.465 e. The molecule has 5 nitrogen and oxygen atoms in total. The summed E-state index contributed by atoms with van der Waals surface area (Å²) in [5.41, 5.74) is 1.88. The van der Waals surface area contributed by atoms with Crippen molar-refractivity contribution in [3.63, 3.8) is 0 Å². The van der Waals surface area contributed by atoms with Gasteiger partial charge in [-0.25, -0.2) is 4.98 Å². The zero-order chi connectivity index (χ0) is 19.3. The van der Waals surface area contributed by atoms with Gasteiger partial charge in [0.1, 0.15) is 5.76 Å². The van der Waals surface area contributed by atoms with E-state index in [1.165, 1.54) is 22.8 Å². The molecular formula is C21H15N3O2S2. The van der Waals surface area contributed by atoms with Crippen molar-refractivity contribution in [2.45, 2.75) is 0 Å². The van der Waals surface area contributed by atoms with Gasteiger partial charge < -0.3 is 9.73 Å². The van der Waals surface area contributed by atoms with Crippen LogP contribution in [0.25, 0.3) is 28.1 Å². The quantitative estimate of drug-likeness (QED) is 0.366. The third-order valence-corrected chi connectivity index (χ3v) is 4.91. The van der Waals surface area contributed by atoms with E-state index in [9.17, 15) is 4.79 Å². The molecule has 0 fully saturated rings. The number of amides is 1. The van der Waals surface area contributed by atoms with E-state index in [1.807, 2.05) is 23.6 Å². The van der Waals surface area contributed by atoms with Gasteiger partial charge in [-0.2, -0.15) is 0 Å². The first kappa shape index (κ1) is 18.1. The summed E-state index contributed by atoms with van der Waals surface area (Å²) in [5, 5.41) is 10.6. The summed E-state index contributed by atoms with van der Waals surface area (Å²) in [6.45, 7) is 0. The Morgan fingerprint density at radius 3 is 2.79 bits per heavy atom. The summed E-state index contributed by atoms with van der Waals surface area (Å²) in [4.78, 5) is 16.5. The van der Waals surface area contributed by atoms with Crippen LogP contribution < -0.4 is 10.6 Å². The topological polar surface area (TPSA) is 67.2 Å². The number of aromatic nitrogens is 1.